The van der Waals surface area contributed by atoms with Crippen molar-refractivity contribution in [3.05, 3.63) is 48.0 Å². The number of allylic oxidation sites excluding steroid dienone is 1. The summed E-state index contributed by atoms with van der Waals surface area (Å²) in [6.45, 7) is 4.65. The number of carbonyl (C=O) groups is 1. The fourth-order valence-electron chi connectivity index (χ4n) is 3.39. The summed E-state index contributed by atoms with van der Waals surface area (Å²) in [6.07, 6.45) is 3.61. The molecule has 0 spiro atoms. The molecule has 1 aliphatic carbocycles. The Balaban J connectivity index is 1.77. The highest BCUT2D eigenvalue weighted by Crippen LogP contribution is 2.53. The molecule has 1 saturated carbocycles. The molecule has 2 heteroatoms. The molecule has 1 aromatic carbocycles. The van der Waals surface area contributed by atoms with Crippen LogP contribution in [0.2, 0.25) is 0 Å². The van der Waals surface area contributed by atoms with E-state index in [1.54, 1.807) is 0 Å². The molecule has 0 N–H and O–H groups in total. The van der Waals surface area contributed by atoms with Gasteiger partial charge in [0.2, 0.25) is 0 Å². The van der Waals surface area contributed by atoms with Crippen LogP contribution in [0, 0.1) is 11.3 Å². The summed E-state index contributed by atoms with van der Waals surface area (Å²) in [5, 5.41) is 0. The van der Waals surface area contributed by atoms with E-state index < -0.39 is 0 Å². The van der Waals surface area contributed by atoms with Crippen LogP contribution < -0.4 is 0 Å². The summed E-state index contributed by atoms with van der Waals surface area (Å²) in [5.74, 6) is 0.364. The number of carbonyl (C=O) groups excluding carboxylic acids is 1. The molecule has 1 saturated heterocycles. The Kier molecular flexibility index (Phi) is 2.73. The van der Waals surface area contributed by atoms with Gasteiger partial charge in [0.05, 0.1) is 12.0 Å². The van der Waals surface area contributed by atoms with Crippen molar-refractivity contribution in [1.82, 2.24) is 0 Å². The van der Waals surface area contributed by atoms with Gasteiger partial charge >= 0.3 is 5.97 Å². The lowest BCUT2D eigenvalue weighted by Gasteiger charge is -2.23. The highest BCUT2D eigenvalue weighted by Gasteiger charge is 2.55. The van der Waals surface area contributed by atoms with Gasteiger partial charge in [-0.1, -0.05) is 42.5 Å². The lowest BCUT2D eigenvalue weighted by Crippen LogP contribution is -2.29. The van der Waals surface area contributed by atoms with Crippen LogP contribution >= 0.6 is 0 Å². The van der Waals surface area contributed by atoms with E-state index in [2.05, 4.69) is 18.7 Å². The molecular formula is C16H18O2. The predicted molar refractivity (Wildman–Crippen MR) is 70.0 cm³/mol. The first-order valence-corrected chi connectivity index (χ1v) is 6.58. The minimum Gasteiger partial charge on any atom is -0.465 e. The third-order valence-electron chi connectivity index (χ3n) is 4.41. The maximum Gasteiger partial charge on any atom is 0.312 e. The molecule has 0 radical (unpaired) electrons. The second-order valence-corrected chi connectivity index (χ2v) is 5.57. The minimum absolute atomic E-state index is 0.00193. The fraction of sp³-hybridized carbons (Fsp3) is 0.438. The number of benzene rings is 1. The van der Waals surface area contributed by atoms with Gasteiger partial charge in [0.1, 0.15) is 0 Å². The zero-order valence-corrected chi connectivity index (χ0v) is 10.5. The lowest BCUT2D eigenvalue weighted by atomic mass is 9.75. The first-order valence-electron chi connectivity index (χ1n) is 6.58. The second-order valence-electron chi connectivity index (χ2n) is 5.57. The number of rotatable bonds is 3. The number of esters is 1. The zero-order valence-electron chi connectivity index (χ0n) is 10.5. The Morgan fingerprint density at radius 2 is 2.11 bits per heavy atom. The zero-order chi connectivity index (χ0) is 12.6. The molecule has 1 heterocycles. The van der Waals surface area contributed by atoms with Gasteiger partial charge in [0.25, 0.3) is 0 Å². The van der Waals surface area contributed by atoms with E-state index >= 15 is 0 Å². The van der Waals surface area contributed by atoms with Crippen molar-refractivity contribution in [3.63, 3.8) is 0 Å². The van der Waals surface area contributed by atoms with E-state index in [-0.39, 0.29) is 11.4 Å². The van der Waals surface area contributed by atoms with Gasteiger partial charge in [-0.3, -0.25) is 4.79 Å². The van der Waals surface area contributed by atoms with Crippen molar-refractivity contribution < 1.29 is 9.53 Å². The summed E-state index contributed by atoms with van der Waals surface area (Å²) in [4.78, 5) is 12.1. The van der Waals surface area contributed by atoms with Crippen molar-refractivity contribution in [2.75, 3.05) is 6.61 Å². The third-order valence-corrected chi connectivity index (χ3v) is 4.41. The first-order chi connectivity index (χ1) is 8.71. The van der Waals surface area contributed by atoms with Gasteiger partial charge in [0, 0.05) is 5.92 Å². The molecule has 0 bridgehead atoms. The van der Waals surface area contributed by atoms with Gasteiger partial charge < -0.3 is 4.74 Å². The van der Waals surface area contributed by atoms with E-state index in [0.29, 0.717) is 12.5 Å². The minimum atomic E-state index is -0.271. The van der Waals surface area contributed by atoms with Crippen LogP contribution in [0.15, 0.2) is 42.5 Å². The molecule has 2 unspecified atom stereocenters. The SMILES string of the molecule is C=C1CC2COC(=O)C2(CCc2ccccc2)C1. The molecule has 3 rings (SSSR count). The third kappa shape index (κ3) is 1.76. The average Bonchev–Trinajstić information content (AvgIpc) is 2.85. The molecule has 2 fully saturated rings. The van der Waals surface area contributed by atoms with Crippen molar-refractivity contribution in [3.8, 4) is 0 Å². The predicted octanol–water partition coefficient (Wildman–Crippen LogP) is 3.13. The molecule has 0 aromatic heterocycles. The first kappa shape index (κ1) is 11.5. The summed E-state index contributed by atoms with van der Waals surface area (Å²) in [5.41, 5.74) is 2.24. The van der Waals surface area contributed by atoms with E-state index in [1.165, 1.54) is 11.1 Å². The van der Waals surface area contributed by atoms with E-state index in [9.17, 15) is 4.79 Å². The van der Waals surface area contributed by atoms with Gasteiger partial charge in [-0.25, -0.2) is 0 Å². The number of aryl methyl sites for hydroxylation is 1. The quantitative estimate of drug-likeness (QED) is 0.601. The monoisotopic (exact) mass is 242 g/mol. The van der Waals surface area contributed by atoms with Crippen molar-refractivity contribution >= 4 is 5.97 Å². The number of cyclic esters (lactones) is 1. The second kappa shape index (κ2) is 4.27. The Morgan fingerprint density at radius 3 is 2.89 bits per heavy atom. The van der Waals surface area contributed by atoms with Crippen LogP contribution in [-0.4, -0.2) is 12.6 Å². The van der Waals surface area contributed by atoms with E-state index in [0.717, 1.165) is 25.7 Å². The van der Waals surface area contributed by atoms with Crippen LogP contribution in [0.25, 0.3) is 0 Å². The summed E-state index contributed by atoms with van der Waals surface area (Å²) >= 11 is 0. The lowest BCUT2D eigenvalue weighted by molar-refractivity contribution is -0.146. The van der Waals surface area contributed by atoms with Crippen LogP contribution in [0.3, 0.4) is 0 Å². The normalized spacial score (nSPS) is 30.3. The summed E-state index contributed by atoms with van der Waals surface area (Å²) in [6, 6.07) is 10.4. The molecule has 2 nitrogen and oxygen atoms in total. The Hall–Kier alpha value is -1.57. The highest BCUT2D eigenvalue weighted by molar-refractivity contribution is 5.80. The highest BCUT2D eigenvalue weighted by atomic mass is 16.5. The van der Waals surface area contributed by atoms with Crippen molar-refractivity contribution in [1.29, 1.82) is 0 Å². The Morgan fingerprint density at radius 1 is 1.33 bits per heavy atom. The molecule has 1 aromatic rings. The molecular weight excluding hydrogens is 224 g/mol. The number of fused-ring (bicyclic) bond motifs is 1. The smallest absolute Gasteiger partial charge is 0.312 e. The summed E-state index contributed by atoms with van der Waals surface area (Å²) < 4.78 is 5.28. The maximum atomic E-state index is 12.1. The van der Waals surface area contributed by atoms with Crippen molar-refractivity contribution in [2.24, 2.45) is 11.3 Å². The van der Waals surface area contributed by atoms with E-state index in [1.807, 2.05) is 18.2 Å². The molecule has 2 atom stereocenters. The average molecular weight is 242 g/mol. The molecule has 1 aliphatic heterocycles. The summed E-state index contributed by atoms with van der Waals surface area (Å²) in [7, 11) is 0. The van der Waals surface area contributed by atoms with Gasteiger partial charge in [-0.2, -0.15) is 0 Å². The largest absolute Gasteiger partial charge is 0.465 e. The standard InChI is InChI=1S/C16H18O2/c1-12-9-14-11-18-15(17)16(14,10-12)8-7-13-5-3-2-4-6-13/h2-6,14H,1,7-11H2. The number of hydrogen-bond acceptors (Lipinski definition) is 2. The van der Waals surface area contributed by atoms with Gasteiger partial charge in [-0.05, 0) is 31.2 Å². The van der Waals surface area contributed by atoms with Gasteiger partial charge in [-0.15, -0.1) is 0 Å². The molecule has 18 heavy (non-hydrogen) atoms. The van der Waals surface area contributed by atoms with Crippen LogP contribution in [0.4, 0.5) is 0 Å². The van der Waals surface area contributed by atoms with Gasteiger partial charge in [0.15, 0.2) is 0 Å². The molecule has 94 valence electrons. The van der Waals surface area contributed by atoms with Crippen molar-refractivity contribution in [2.45, 2.75) is 25.7 Å². The van der Waals surface area contributed by atoms with Crippen LogP contribution in [0.5, 0.6) is 0 Å². The topological polar surface area (TPSA) is 26.3 Å². The van der Waals surface area contributed by atoms with Crippen LogP contribution in [0.1, 0.15) is 24.8 Å². The number of ether oxygens (including phenoxy) is 1. The van der Waals surface area contributed by atoms with Crippen LogP contribution in [-0.2, 0) is 16.0 Å². The van der Waals surface area contributed by atoms with E-state index in [4.69, 9.17) is 4.74 Å². The Labute approximate surface area is 108 Å². The molecule has 0 amide bonds. The fourth-order valence-corrected chi connectivity index (χ4v) is 3.39. The Bertz CT molecular complexity index is 477. The molecule has 2 aliphatic rings. The maximum absolute atomic E-state index is 12.1. The number of hydrogen-bond donors (Lipinski definition) is 0.